The quantitative estimate of drug-likeness (QED) is 0.380. The molecule has 2 aromatic heterocycles. The largest absolute Gasteiger partial charge is 0.497 e. The Morgan fingerprint density at radius 3 is 2.70 bits per heavy atom. The van der Waals surface area contributed by atoms with Gasteiger partial charge in [0.1, 0.15) is 17.0 Å². The van der Waals surface area contributed by atoms with Crippen molar-refractivity contribution in [1.82, 2.24) is 14.8 Å². The van der Waals surface area contributed by atoms with Crippen LogP contribution in [0.15, 0.2) is 48.8 Å². The molecule has 30 heavy (non-hydrogen) atoms. The lowest BCUT2D eigenvalue weighted by atomic mass is 10.1. The molecule has 5 rings (SSSR count). The van der Waals surface area contributed by atoms with E-state index < -0.39 is 0 Å². The SMILES string of the molecule is COc1ccc2ncc3nn(-c4ccc(N5CCOCC5)c([N+](=O)[O-])c4)cc3c2c1. The van der Waals surface area contributed by atoms with Crippen LogP contribution in [-0.2, 0) is 4.74 Å². The summed E-state index contributed by atoms with van der Waals surface area (Å²) in [5.41, 5.74) is 2.80. The molecule has 0 unspecified atom stereocenters. The van der Waals surface area contributed by atoms with E-state index >= 15 is 0 Å². The van der Waals surface area contributed by atoms with Crippen molar-refractivity contribution < 1.29 is 14.4 Å². The fraction of sp³-hybridized carbons (Fsp3) is 0.238. The lowest BCUT2D eigenvalue weighted by molar-refractivity contribution is -0.384. The third-order valence-electron chi connectivity index (χ3n) is 5.33. The molecule has 4 aromatic rings. The highest BCUT2D eigenvalue weighted by Crippen LogP contribution is 2.32. The normalized spacial score (nSPS) is 14.4. The van der Waals surface area contributed by atoms with Crippen LogP contribution in [0.3, 0.4) is 0 Å². The van der Waals surface area contributed by atoms with Gasteiger partial charge in [0.05, 0.1) is 42.6 Å². The Morgan fingerprint density at radius 1 is 1.10 bits per heavy atom. The number of ether oxygens (including phenoxy) is 2. The highest BCUT2D eigenvalue weighted by Gasteiger charge is 2.22. The zero-order valence-corrected chi connectivity index (χ0v) is 16.3. The van der Waals surface area contributed by atoms with Gasteiger partial charge in [-0.1, -0.05) is 0 Å². The molecule has 0 radical (unpaired) electrons. The number of aromatic nitrogens is 3. The van der Waals surface area contributed by atoms with Gasteiger partial charge in [-0.15, -0.1) is 0 Å². The van der Waals surface area contributed by atoms with Crippen LogP contribution in [0, 0.1) is 10.1 Å². The van der Waals surface area contributed by atoms with Gasteiger partial charge in [0.15, 0.2) is 0 Å². The standard InChI is InChI=1S/C21H19N5O4/c1-29-15-3-4-18-16(11-15)17-13-25(23-19(17)12-22-18)14-2-5-20(21(10-14)26(27)28)24-6-8-30-9-7-24/h2-5,10-13H,6-9H2,1H3. The molecule has 1 aliphatic heterocycles. The van der Waals surface area contributed by atoms with Crippen LogP contribution < -0.4 is 9.64 Å². The van der Waals surface area contributed by atoms with Crippen LogP contribution in [0.25, 0.3) is 27.5 Å². The van der Waals surface area contributed by atoms with E-state index in [0.717, 1.165) is 22.0 Å². The number of rotatable bonds is 4. The van der Waals surface area contributed by atoms with Gasteiger partial charge >= 0.3 is 0 Å². The van der Waals surface area contributed by atoms with E-state index in [0.29, 0.717) is 43.2 Å². The number of benzene rings is 2. The Morgan fingerprint density at radius 2 is 1.93 bits per heavy atom. The van der Waals surface area contributed by atoms with Crippen molar-refractivity contribution in [2.24, 2.45) is 0 Å². The van der Waals surface area contributed by atoms with Crippen LogP contribution >= 0.6 is 0 Å². The van der Waals surface area contributed by atoms with Gasteiger partial charge in [-0.05, 0) is 30.3 Å². The summed E-state index contributed by atoms with van der Waals surface area (Å²) in [5, 5.41) is 18.2. The van der Waals surface area contributed by atoms with Crippen molar-refractivity contribution in [1.29, 1.82) is 0 Å². The van der Waals surface area contributed by atoms with E-state index in [1.807, 2.05) is 35.4 Å². The lowest BCUT2D eigenvalue weighted by Gasteiger charge is -2.28. The molecule has 9 nitrogen and oxygen atoms in total. The minimum Gasteiger partial charge on any atom is -0.497 e. The second-order valence-corrected chi connectivity index (χ2v) is 7.04. The maximum Gasteiger partial charge on any atom is 0.294 e. The molecule has 1 aliphatic rings. The summed E-state index contributed by atoms with van der Waals surface area (Å²) in [6.07, 6.45) is 3.57. The fourth-order valence-electron chi connectivity index (χ4n) is 3.80. The number of pyridine rings is 1. The fourth-order valence-corrected chi connectivity index (χ4v) is 3.80. The van der Waals surface area contributed by atoms with Crippen LogP contribution in [0.5, 0.6) is 5.75 Å². The number of nitro groups is 1. The molecule has 0 N–H and O–H groups in total. The molecule has 0 aliphatic carbocycles. The average Bonchev–Trinajstić information content (AvgIpc) is 3.24. The molecule has 1 fully saturated rings. The van der Waals surface area contributed by atoms with Crippen molar-refractivity contribution >= 4 is 33.2 Å². The van der Waals surface area contributed by atoms with E-state index in [-0.39, 0.29) is 10.6 Å². The Balaban J connectivity index is 1.61. The minimum absolute atomic E-state index is 0.0543. The third-order valence-corrected chi connectivity index (χ3v) is 5.33. The number of morpholine rings is 1. The molecule has 152 valence electrons. The molecule has 1 saturated heterocycles. The molecular formula is C21H19N5O4. The van der Waals surface area contributed by atoms with Crippen LogP contribution in [-0.4, -0.2) is 53.1 Å². The molecule has 0 spiro atoms. The van der Waals surface area contributed by atoms with Crippen LogP contribution in [0.4, 0.5) is 11.4 Å². The van der Waals surface area contributed by atoms with Gasteiger partial charge in [0.2, 0.25) is 0 Å². The first-order valence-electron chi connectivity index (χ1n) is 9.58. The first kappa shape index (κ1) is 18.3. The number of nitrogens with zero attached hydrogens (tertiary/aromatic N) is 5. The van der Waals surface area contributed by atoms with E-state index in [4.69, 9.17) is 9.47 Å². The Labute approximate surface area is 171 Å². The van der Waals surface area contributed by atoms with Crippen LogP contribution in [0.1, 0.15) is 0 Å². The van der Waals surface area contributed by atoms with Gasteiger partial charge in [0, 0.05) is 36.1 Å². The summed E-state index contributed by atoms with van der Waals surface area (Å²) in [4.78, 5) is 17.8. The predicted molar refractivity (Wildman–Crippen MR) is 113 cm³/mol. The van der Waals surface area contributed by atoms with Crippen molar-refractivity contribution in [2.75, 3.05) is 38.3 Å². The summed E-state index contributed by atoms with van der Waals surface area (Å²) in [5.74, 6) is 0.732. The van der Waals surface area contributed by atoms with Gasteiger partial charge in [-0.2, -0.15) is 5.10 Å². The second-order valence-electron chi connectivity index (χ2n) is 7.04. The molecule has 0 amide bonds. The van der Waals surface area contributed by atoms with Gasteiger partial charge in [-0.3, -0.25) is 15.1 Å². The van der Waals surface area contributed by atoms with E-state index in [9.17, 15) is 10.1 Å². The Hall–Kier alpha value is -3.72. The molecule has 0 atom stereocenters. The van der Waals surface area contributed by atoms with Crippen LogP contribution in [0.2, 0.25) is 0 Å². The first-order chi connectivity index (χ1) is 14.6. The zero-order valence-electron chi connectivity index (χ0n) is 16.3. The summed E-state index contributed by atoms with van der Waals surface area (Å²) in [6.45, 7) is 2.39. The number of hydrogen-bond donors (Lipinski definition) is 0. The summed E-state index contributed by atoms with van der Waals surface area (Å²) < 4.78 is 12.3. The monoisotopic (exact) mass is 405 g/mol. The molecule has 9 heteroatoms. The van der Waals surface area contributed by atoms with Crippen molar-refractivity contribution in [2.45, 2.75) is 0 Å². The number of anilines is 1. The van der Waals surface area contributed by atoms with Gasteiger partial charge in [-0.25, -0.2) is 4.68 Å². The van der Waals surface area contributed by atoms with E-state index in [1.54, 1.807) is 30.1 Å². The van der Waals surface area contributed by atoms with Crippen molar-refractivity contribution in [3.63, 3.8) is 0 Å². The highest BCUT2D eigenvalue weighted by atomic mass is 16.6. The summed E-state index contributed by atoms with van der Waals surface area (Å²) >= 11 is 0. The van der Waals surface area contributed by atoms with E-state index in [2.05, 4.69) is 10.1 Å². The predicted octanol–water partition coefficient (Wildman–Crippen LogP) is 3.33. The smallest absolute Gasteiger partial charge is 0.294 e. The maximum absolute atomic E-state index is 11.8. The Kier molecular flexibility index (Phi) is 4.44. The average molecular weight is 405 g/mol. The molecule has 3 heterocycles. The second kappa shape index (κ2) is 7.27. The van der Waals surface area contributed by atoms with Crippen molar-refractivity contribution in [3.8, 4) is 11.4 Å². The van der Waals surface area contributed by atoms with E-state index in [1.165, 1.54) is 0 Å². The number of nitro benzene ring substituents is 1. The minimum atomic E-state index is -0.348. The van der Waals surface area contributed by atoms with Crippen molar-refractivity contribution in [3.05, 3.63) is 58.9 Å². The summed E-state index contributed by atoms with van der Waals surface area (Å²) in [6, 6.07) is 10.9. The maximum atomic E-state index is 11.8. The Bertz CT molecular complexity index is 1260. The van der Waals surface area contributed by atoms with Gasteiger partial charge in [0.25, 0.3) is 5.69 Å². The number of methoxy groups -OCH3 is 1. The lowest BCUT2D eigenvalue weighted by Crippen LogP contribution is -2.36. The zero-order chi connectivity index (χ0) is 20.7. The third kappa shape index (κ3) is 3.09. The topological polar surface area (TPSA) is 95.6 Å². The molecule has 0 bridgehead atoms. The number of fused-ring (bicyclic) bond motifs is 3. The van der Waals surface area contributed by atoms with Gasteiger partial charge < -0.3 is 14.4 Å². The highest BCUT2D eigenvalue weighted by molar-refractivity contribution is 6.04. The summed E-state index contributed by atoms with van der Waals surface area (Å²) in [7, 11) is 1.62. The molecular weight excluding hydrogens is 386 g/mol. The molecule has 0 saturated carbocycles. The number of hydrogen-bond acceptors (Lipinski definition) is 7. The first-order valence-corrected chi connectivity index (χ1v) is 9.58. The molecule has 2 aromatic carbocycles.